The van der Waals surface area contributed by atoms with E-state index in [0.717, 1.165) is 5.56 Å². The molecule has 0 radical (unpaired) electrons. The van der Waals surface area contributed by atoms with Gasteiger partial charge in [-0.05, 0) is 35.2 Å². The van der Waals surface area contributed by atoms with E-state index in [-0.39, 0.29) is 5.75 Å². The molecule has 0 heterocycles. The number of halogens is 1. The molecule has 0 bridgehead atoms. The monoisotopic (exact) mass is 272 g/mol. The molecule has 0 unspecified atom stereocenters. The van der Waals surface area contributed by atoms with Gasteiger partial charge in [0.1, 0.15) is 12.9 Å². The van der Waals surface area contributed by atoms with Gasteiger partial charge in [-0.1, -0.05) is 38.1 Å². The molecule has 2 aromatic carbocycles. The Morgan fingerprint density at radius 2 is 1.85 bits per heavy atom. The van der Waals surface area contributed by atoms with E-state index in [1.54, 1.807) is 0 Å². The summed E-state index contributed by atoms with van der Waals surface area (Å²) in [5.74, 6) is 0.121. The molecule has 2 nitrogen and oxygen atoms in total. The molecule has 0 saturated carbocycles. The van der Waals surface area contributed by atoms with Crippen LogP contribution in [0.3, 0.4) is 0 Å². The second kappa shape index (κ2) is 6.33. The fraction of sp³-hybridized carbons (Fsp3) is 0.235. The molecule has 0 atom stereocenters. The molecule has 0 fully saturated rings. The van der Waals surface area contributed by atoms with Crippen LogP contribution in [-0.4, -0.2) is 6.29 Å². The molecule has 0 saturated heterocycles. The van der Waals surface area contributed by atoms with E-state index >= 15 is 0 Å². The normalized spacial score (nSPS) is 10.6. The first-order chi connectivity index (χ1) is 9.60. The van der Waals surface area contributed by atoms with Gasteiger partial charge in [-0.2, -0.15) is 0 Å². The number of aldehydes is 1. The second-order valence-corrected chi connectivity index (χ2v) is 4.99. The van der Waals surface area contributed by atoms with Crippen molar-refractivity contribution in [2.24, 2.45) is 0 Å². The Kier molecular flexibility index (Phi) is 4.51. The number of carbonyl (C=O) groups is 1. The lowest BCUT2D eigenvalue weighted by Crippen LogP contribution is -1.98. The van der Waals surface area contributed by atoms with Crippen LogP contribution in [0.5, 0.6) is 5.75 Å². The van der Waals surface area contributed by atoms with Crippen LogP contribution < -0.4 is 4.74 Å². The summed E-state index contributed by atoms with van der Waals surface area (Å²) in [5, 5.41) is 0. The molecular weight excluding hydrogens is 255 g/mol. The van der Waals surface area contributed by atoms with Gasteiger partial charge in [0.2, 0.25) is 0 Å². The van der Waals surface area contributed by atoms with E-state index in [0.29, 0.717) is 24.4 Å². The Hall–Kier alpha value is -2.16. The molecule has 0 spiro atoms. The minimum Gasteiger partial charge on any atom is -0.486 e. The van der Waals surface area contributed by atoms with Crippen molar-refractivity contribution in [3.63, 3.8) is 0 Å². The molecule has 20 heavy (non-hydrogen) atoms. The third-order valence-electron chi connectivity index (χ3n) is 3.13. The molecule has 0 amide bonds. The quantitative estimate of drug-likeness (QED) is 0.757. The molecule has 0 N–H and O–H groups in total. The van der Waals surface area contributed by atoms with Crippen LogP contribution in [0.1, 0.15) is 41.3 Å². The fourth-order valence-corrected chi connectivity index (χ4v) is 1.87. The number of hydrogen-bond acceptors (Lipinski definition) is 2. The van der Waals surface area contributed by atoms with Crippen LogP contribution >= 0.6 is 0 Å². The maximum absolute atomic E-state index is 13.6. The lowest BCUT2D eigenvalue weighted by Gasteiger charge is -2.09. The highest BCUT2D eigenvalue weighted by Crippen LogP contribution is 2.20. The third-order valence-corrected chi connectivity index (χ3v) is 3.13. The molecule has 2 aromatic rings. The largest absolute Gasteiger partial charge is 0.486 e. The fourth-order valence-electron chi connectivity index (χ4n) is 1.87. The van der Waals surface area contributed by atoms with Gasteiger partial charge in [0, 0.05) is 5.56 Å². The van der Waals surface area contributed by atoms with Crippen LogP contribution in [0.25, 0.3) is 0 Å². The van der Waals surface area contributed by atoms with Crippen LogP contribution in [0.2, 0.25) is 0 Å². The van der Waals surface area contributed by atoms with E-state index < -0.39 is 5.82 Å². The summed E-state index contributed by atoms with van der Waals surface area (Å²) in [6.07, 6.45) is 0.609. The minimum atomic E-state index is -0.520. The van der Waals surface area contributed by atoms with Gasteiger partial charge in [0.05, 0.1) is 0 Å². The molecule has 0 aliphatic heterocycles. The van der Waals surface area contributed by atoms with E-state index in [1.165, 1.54) is 23.8 Å². The first kappa shape index (κ1) is 14.3. The minimum absolute atomic E-state index is 0.156. The summed E-state index contributed by atoms with van der Waals surface area (Å²) >= 11 is 0. The predicted molar refractivity (Wildman–Crippen MR) is 76.7 cm³/mol. The maximum atomic E-state index is 13.6. The molecule has 3 heteroatoms. The van der Waals surface area contributed by atoms with Gasteiger partial charge < -0.3 is 4.74 Å². The topological polar surface area (TPSA) is 26.3 Å². The van der Waals surface area contributed by atoms with E-state index in [4.69, 9.17) is 4.74 Å². The van der Waals surface area contributed by atoms with Crippen molar-refractivity contribution in [2.45, 2.75) is 26.4 Å². The molecule has 2 rings (SSSR count). The number of benzene rings is 2. The molecule has 0 aliphatic carbocycles. The van der Waals surface area contributed by atoms with Gasteiger partial charge in [-0.3, -0.25) is 4.79 Å². The van der Waals surface area contributed by atoms with Crippen molar-refractivity contribution < 1.29 is 13.9 Å². The summed E-state index contributed by atoms with van der Waals surface area (Å²) in [7, 11) is 0. The SMILES string of the molecule is CC(C)c1ccc(COc2ccc(C=O)cc2F)cc1. The van der Waals surface area contributed by atoms with E-state index in [2.05, 4.69) is 26.0 Å². The maximum Gasteiger partial charge on any atom is 0.165 e. The Labute approximate surface area is 118 Å². The average Bonchev–Trinajstić information content (AvgIpc) is 2.46. The van der Waals surface area contributed by atoms with E-state index in [1.807, 2.05) is 12.1 Å². The van der Waals surface area contributed by atoms with Crippen molar-refractivity contribution in [3.8, 4) is 5.75 Å². The van der Waals surface area contributed by atoms with Crippen LogP contribution in [0.15, 0.2) is 42.5 Å². The highest BCUT2D eigenvalue weighted by molar-refractivity contribution is 5.74. The highest BCUT2D eigenvalue weighted by atomic mass is 19.1. The zero-order valence-electron chi connectivity index (χ0n) is 11.6. The average molecular weight is 272 g/mol. The standard InChI is InChI=1S/C17H17FO2/c1-12(2)15-6-3-13(4-7-15)11-20-17-8-5-14(10-19)9-16(17)18/h3-10,12H,11H2,1-2H3. The van der Waals surface area contributed by atoms with Crippen LogP contribution in [0.4, 0.5) is 4.39 Å². The lowest BCUT2D eigenvalue weighted by molar-refractivity contribution is 0.112. The van der Waals surface area contributed by atoms with Gasteiger partial charge in [0.25, 0.3) is 0 Å². The van der Waals surface area contributed by atoms with Crippen LogP contribution in [-0.2, 0) is 6.61 Å². The van der Waals surface area contributed by atoms with Crippen molar-refractivity contribution >= 4 is 6.29 Å². The molecule has 0 aliphatic rings. The van der Waals surface area contributed by atoms with E-state index in [9.17, 15) is 9.18 Å². The number of carbonyl (C=O) groups excluding carboxylic acids is 1. The summed E-state index contributed by atoms with van der Waals surface area (Å²) in [6.45, 7) is 4.57. The number of ether oxygens (including phenoxy) is 1. The zero-order valence-corrected chi connectivity index (χ0v) is 11.6. The zero-order chi connectivity index (χ0) is 14.5. The smallest absolute Gasteiger partial charge is 0.165 e. The first-order valence-electron chi connectivity index (χ1n) is 6.56. The summed E-state index contributed by atoms with van der Waals surface area (Å²) in [6, 6.07) is 12.2. The molecule has 104 valence electrons. The summed E-state index contributed by atoms with van der Waals surface area (Å²) < 4.78 is 19.1. The van der Waals surface area contributed by atoms with Crippen molar-refractivity contribution in [3.05, 3.63) is 65.0 Å². The lowest BCUT2D eigenvalue weighted by atomic mass is 10.0. The summed E-state index contributed by atoms with van der Waals surface area (Å²) in [4.78, 5) is 10.5. The summed E-state index contributed by atoms with van der Waals surface area (Å²) in [5.41, 5.74) is 2.54. The van der Waals surface area contributed by atoms with Crippen molar-refractivity contribution in [2.75, 3.05) is 0 Å². The van der Waals surface area contributed by atoms with Gasteiger partial charge in [0.15, 0.2) is 11.6 Å². The number of rotatable bonds is 5. The van der Waals surface area contributed by atoms with Crippen molar-refractivity contribution in [1.82, 2.24) is 0 Å². The Bertz CT molecular complexity index is 588. The number of hydrogen-bond donors (Lipinski definition) is 0. The second-order valence-electron chi connectivity index (χ2n) is 4.99. The Morgan fingerprint density at radius 3 is 2.40 bits per heavy atom. The van der Waals surface area contributed by atoms with Gasteiger partial charge in [-0.15, -0.1) is 0 Å². The Morgan fingerprint density at radius 1 is 1.15 bits per heavy atom. The van der Waals surface area contributed by atoms with Gasteiger partial charge in [-0.25, -0.2) is 4.39 Å². The Balaban J connectivity index is 2.03. The molecule has 0 aromatic heterocycles. The predicted octanol–water partition coefficient (Wildman–Crippen LogP) is 4.34. The van der Waals surface area contributed by atoms with Crippen LogP contribution in [0, 0.1) is 5.82 Å². The van der Waals surface area contributed by atoms with Gasteiger partial charge >= 0.3 is 0 Å². The van der Waals surface area contributed by atoms with Crippen molar-refractivity contribution in [1.29, 1.82) is 0 Å². The first-order valence-corrected chi connectivity index (χ1v) is 6.56. The molecular formula is C17H17FO2. The highest BCUT2D eigenvalue weighted by Gasteiger charge is 2.05. The third kappa shape index (κ3) is 3.44.